The van der Waals surface area contributed by atoms with Gasteiger partial charge >= 0.3 is 0 Å². The zero-order valence-electron chi connectivity index (χ0n) is 12.9. The lowest BCUT2D eigenvalue weighted by Gasteiger charge is -2.06. The molecule has 116 valence electrons. The van der Waals surface area contributed by atoms with Crippen LogP contribution in [0.1, 0.15) is 27.4 Å². The topological polar surface area (TPSA) is 80.9 Å². The first-order valence-corrected chi connectivity index (χ1v) is 7.21. The Morgan fingerprint density at radius 1 is 1.22 bits per heavy atom. The number of carbonyl (C=O) groups is 1. The van der Waals surface area contributed by atoms with Crippen LogP contribution in [0.4, 0.5) is 0 Å². The smallest absolute Gasteiger partial charge is 0.257 e. The van der Waals surface area contributed by atoms with E-state index in [1.54, 1.807) is 32.4 Å². The van der Waals surface area contributed by atoms with Gasteiger partial charge in [-0.1, -0.05) is 11.2 Å². The van der Waals surface area contributed by atoms with Gasteiger partial charge in [0.2, 0.25) is 0 Å². The van der Waals surface area contributed by atoms with E-state index >= 15 is 0 Å². The van der Waals surface area contributed by atoms with Gasteiger partial charge in [0.25, 0.3) is 5.91 Å². The molecule has 1 amide bonds. The van der Waals surface area contributed by atoms with Crippen molar-refractivity contribution >= 4 is 5.91 Å². The van der Waals surface area contributed by atoms with Gasteiger partial charge in [0, 0.05) is 30.7 Å². The number of hydrogen-bond acceptors (Lipinski definition) is 5. The van der Waals surface area contributed by atoms with Crippen LogP contribution >= 0.6 is 0 Å². The van der Waals surface area contributed by atoms with Gasteiger partial charge in [-0.15, -0.1) is 0 Å². The Morgan fingerprint density at radius 3 is 2.70 bits per heavy atom. The van der Waals surface area contributed by atoms with E-state index in [1.165, 1.54) is 0 Å². The van der Waals surface area contributed by atoms with Crippen molar-refractivity contribution in [3.05, 3.63) is 65.4 Å². The maximum atomic E-state index is 12.2. The van der Waals surface area contributed by atoms with Crippen molar-refractivity contribution in [1.29, 1.82) is 0 Å². The molecule has 1 N–H and O–H groups in total. The molecular formula is C17H16N4O2. The van der Waals surface area contributed by atoms with Crippen LogP contribution in [0.25, 0.3) is 11.3 Å². The number of amides is 1. The van der Waals surface area contributed by atoms with E-state index in [-0.39, 0.29) is 5.91 Å². The highest BCUT2D eigenvalue weighted by atomic mass is 16.5. The highest BCUT2D eigenvalue weighted by molar-refractivity contribution is 5.96. The predicted octanol–water partition coefficient (Wildman–Crippen LogP) is 2.68. The first-order chi connectivity index (χ1) is 11.1. The molecule has 0 aliphatic heterocycles. The number of rotatable bonds is 4. The normalized spacial score (nSPS) is 10.5. The van der Waals surface area contributed by atoms with Gasteiger partial charge in [-0.2, -0.15) is 0 Å². The monoisotopic (exact) mass is 308 g/mol. The summed E-state index contributed by atoms with van der Waals surface area (Å²) < 4.78 is 5.00. The van der Waals surface area contributed by atoms with Gasteiger partial charge in [-0.05, 0) is 37.6 Å². The molecular weight excluding hydrogens is 292 g/mol. The van der Waals surface area contributed by atoms with Crippen LogP contribution in [-0.4, -0.2) is 21.0 Å². The van der Waals surface area contributed by atoms with Crippen molar-refractivity contribution in [3.8, 4) is 11.3 Å². The average molecular weight is 308 g/mol. The molecule has 0 saturated heterocycles. The molecule has 0 aliphatic rings. The Morgan fingerprint density at radius 2 is 2.09 bits per heavy atom. The lowest BCUT2D eigenvalue weighted by Crippen LogP contribution is -2.23. The molecule has 0 aromatic carbocycles. The van der Waals surface area contributed by atoms with Gasteiger partial charge in [-0.3, -0.25) is 14.8 Å². The van der Waals surface area contributed by atoms with Crippen molar-refractivity contribution in [2.75, 3.05) is 0 Å². The molecule has 0 saturated carbocycles. The fraction of sp³-hybridized carbons (Fsp3) is 0.176. The van der Waals surface area contributed by atoms with Crippen molar-refractivity contribution in [2.24, 2.45) is 0 Å². The molecule has 3 aromatic rings. The summed E-state index contributed by atoms with van der Waals surface area (Å²) in [7, 11) is 0. The summed E-state index contributed by atoms with van der Waals surface area (Å²) in [6, 6.07) is 7.67. The van der Waals surface area contributed by atoms with Crippen LogP contribution in [0.3, 0.4) is 0 Å². The maximum absolute atomic E-state index is 12.2. The maximum Gasteiger partial charge on any atom is 0.257 e. The van der Waals surface area contributed by atoms with Crippen LogP contribution in [0, 0.1) is 13.8 Å². The summed E-state index contributed by atoms with van der Waals surface area (Å²) in [5.74, 6) is 0.322. The molecule has 23 heavy (non-hydrogen) atoms. The zero-order chi connectivity index (χ0) is 16.2. The minimum absolute atomic E-state index is 0.197. The third-order valence-corrected chi connectivity index (χ3v) is 3.50. The number of nitrogens with one attached hydrogen (secondary N) is 1. The lowest BCUT2D eigenvalue weighted by molar-refractivity contribution is 0.0949. The summed E-state index contributed by atoms with van der Waals surface area (Å²) in [5, 5.41) is 6.63. The van der Waals surface area contributed by atoms with Crippen molar-refractivity contribution < 1.29 is 9.32 Å². The summed E-state index contributed by atoms with van der Waals surface area (Å²) in [6.45, 7) is 3.86. The number of nitrogens with zero attached hydrogens (tertiary/aromatic N) is 3. The number of aryl methyl sites for hydroxylation is 2. The van der Waals surface area contributed by atoms with Gasteiger partial charge in [0.15, 0.2) is 0 Å². The number of hydrogen-bond donors (Lipinski definition) is 1. The third kappa shape index (κ3) is 3.26. The Hall–Kier alpha value is -3.02. The number of pyridine rings is 2. The summed E-state index contributed by atoms with van der Waals surface area (Å²) in [6.07, 6.45) is 5.24. The largest absolute Gasteiger partial charge is 0.361 e. The van der Waals surface area contributed by atoms with Crippen molar-refractivity contribution in [2.45, 2.75) is 20.4 Å². The predicted molar refractivity (Wildman–Crippen MR) is 84.6 cm³/mol. The Kier molecular flexibility index (Phi) is 4.14. The fourth-order valence-corrected chi connectivity index (χ4v) is 2.29. The first-order valence-electron chi connectivity index (χ1n) is 7.21. The van der Waals surface area contributed by atoms with E-state index in [9.17, 15) is 4.79 Å². The minimum Gasteiger partial charge on any atom is -0.361 e. The van der Waals surface area contributed by atoms with Gasteiger partial charge in [0.05, 0.1) is 11.4 Å². The Labute approximate surface area is 133 Å². The van der Waals surface area contributed by atoms with Crippen LogP contribution in [-0.2, 0) is 6.54 Å². The molecule has 0 aliphatic carbocycles. The molecule has 0 unspecified atom stereocenters. The van der Waals surface area contributed by atoms with E-state index in [0.717, 1.165) is 16.8 Å². The van der Waals surface area contributed by atoms with Crippen LogP contribution in [0.5, 0.6) is 0 Å². The second-order valence-corrected chi connectivity index (χ2v) is 5.18. The second-order valence-electron chi connectivity index (χ2n) is 5.18. The van der Waals surface area contributed by atoms with Crippen molar-refractivity contribution in [1.82, 2.24) is 20.4 Å². The average Bonchev–Trinajstić information content (AvgIpc) is 2.93. The van der Waals surface area contributed by atoms with Crippen molar-refractivity contribution in [3.63, 3.8) is 0 Å². The molecule has 0 spiro atoms. The third-order valence-electron chi connectivity index (χ3n) is 3.50. The molecule has 3 rings (SSSR count). The van der Waals surface area contributed by atoms with E-state index in [4.69, 9.17) is 4.52 Å². The van der Waals surface area contributed by atoms with Crippen LogP contribution < -0.4 is 5.32 Å². The number of carbonyl (C=O) groups excluding carboxylic acids is 1. The summed E-state index contributed by atoms with van der Waals surface area (Å²) in [5.41, 5.74) is 3.80. The molecule has 6 nitrogen and oxygen atoms in total. The Bertz CT molecular complexity index is 791. The van der Waals surface area contributed by atoms with E-state index in [0.29, 0.717) is 23.6 Å². The standard InChI is InChI=1S/C17H16N4O2/c1-11-16(12(2)23-21-11)17(22)20-9-13-5-6-15(19-8-13)14-4-3-7-18-10-14/h3-8,10H,9H2,1-2H3,(H,20,22). The molecule has 6 heteroatoms. The second kappa shape index (κ2) is 6.39. The molecule has 0 radical (unpaired) electrons. The lowest BCUT2D eigenvalue weighted by atomic mass is 10.1. The summed E-state index contributed by atoms with van der Waals surface area (Å²) in [4.78, 5) is 20.6. The van der Waals surface area contributed by atoms with Crippen LogP contribution in [0.2, 0.25) is 0 Å². The van der Waals surface area contributed by atoms with E-state index < -0.39 is 0 Å². The first kappa shape index (κ1) is 14.9. The number of aromatic nitrogens is 3. The van der Waals surface area contributed by atoms with Crippen LogP contribution in [0.15, 0.2) is 47.4 Å². The Balaban J connectivity index is 1.66. The van der Waals surface area contributed by atoms with Gasteiger partial charge in [0.1, 0.15) is 11.3 Å². The molecule has 3 heterocycles. The molecule has 0 bridgehead atoms. The minimum atomic E-state index is -0.197. The fourth-order valence-electron chi connectivity index (χ4n) is 2.29. The molecule has 0 fully saturated rings. The quantitative estimate of drug-likeness (QED) is 0.801. The SMILES string of the molecule is Cc1noc(C)c1C(=O)NCc1ccc(-c2cccnc2)nc1. The highest BCUT2D eigenvalue weighted by Gasteiger charge is 2.16. The van der Waals surface area contributed by atoms with E-state index in [1.807, 2.05) is 24.3 Å². The molecule has 3 aromatic heterocycles. The van der Waals surface area contributed by atoms with E-state index in [2.05, 4.69) is 20.4 Å². The zero-order valence-corrected chi connectivity index (χ0v) is 12.9. The molecule has 0 atom stereocenters. The highest BCUT2D eigenvalue weighted by Crippen LogP contribution is 2.15. The summed E-state index contributed by atoms with van der Waals surface area (Å²) >= 11 is 0. The van der Waals surface area contributed by atoms with Gasteiger partial charge in [-0.25, -0.2) is 0 Å². The van der Waals surface area contributed by atoms with Gasteiger partial charge < -0.3 is 9.84 Å².